The van der Waals surface area contributed by atoms with Crippen molar-refractivity contribution in [2.45, 2.75) is 9.79 Å². The van der Waals surface area contributed by atoms with Gasteiger partial charge in [0, 0.05) is 32.4 Å². The molecule has 0 bridgehead atoms. The number of aldehydes is 2. The molecule has 138 valence electrons. The molecule has 0 aromatic heterocycles. The van der Waals surface area contributed by atoms with E-state index in [1.54, 1.807) is 23.5 Å². The summed E-state index contributed by atoms with van der Waals surface area (Å²) in [6.45, 7) is 2.32. The average molecular weight is 391 g/mol. The van der Waals surface area contributed by atoms with E-state index in [9.17, 15) is 9.59 Å². The van der Waals surface area contributed by atoms with E-state index in [-0.39, 0.29) is 0 Å². The number of benzene rings is 2. The summed E-state index contributed by atoms with van der Waals surface area (Å²) in [5.41, 5.74) is 1.43. The number of carbonyl (C=O) groups excluding carboxylic acids is 2. The minimum atomic E-state index is 0.547. The zero-order valence-corrected chi connectivity index (χ0v) is 16.1. The summed E-state index contributed by atoms with van der Waals surface area (Å²) in [7, 11) is 0. The topological polar surface area (TPSA) is 52.6 Å². The van der Waals surface area contributed by atoms with Crippen LogP contribution in [0.1, 0.15) is 20.7 Å². The van der Waals surface area contributed by atoms with E-state index < -0.39 is 0 Å². The number of rotatable bonds is 13. The lowest BCUT2D eigenvalue weighted by atomic mass is 10.2. The largest absolute Gasteiger partial charge is 0.378 e. The van der Waals surface area contributed by atoms with Gasteiger partial charge in [-0.1, -0.05) is 36.4 Å². The standard InChI is InChI=1S/C20H22O4S2/c21-15-17-5-1-3-7-19(17)25-13-11-23-9-10-24-12-14-26-20-8-4-2-6-18(20)16-22/h1-8,15-16H,9-14H2. The first-order valence-corrected chi connectivity index (χ1v) is 10.3. The van der Waals surface area contributed by atoms with Gasteiger partial charge in [0.1, 0.15) is 0 Å². The Hall–Kier alpha value is -1.60. The quantitative estimate of drug-likeness (QED) is 0.290. The van der Waals surface area contributed by atoms with Gasteiger partial charge < -0.3 is 9.47 Å². The van der Waals surface area contributed by atoms with Crippen LogP contribution in [-0.4, -0.2) is 50.5 Å². The molecule has 0 spiro atoms. The van der Waals surface area contributed by atoms with Crippen LogP contribution in [-0.2, 0) is 9.47 Å². The molecule has 0 radical (unpaired) electrons. The number of thioether (sulfide) groups is 2. The van der Waals surface area contributed by atoms with E-state index >= 15 is 0 Å². The molecule has 2 rings (SSSR count). The fraction of sp³-hybridized carbons (Fsp3) is 0.300. The number of hydrogen-bond donors (Lipinski definition) is 0. The second kappa shape index (κ2) is 12.7. The normalized spacial score (nSPS) is 10.6. The lowest BCUT2D eigenvalue weighted by molar-refractivity contribution is 0.0605. The van der Waals surface area contributed by atoms with Gasteiger partial charge in [-0.25, -0.2) is 0 Å². The van der Waals surface area contributed by atoms with Crippen LogP contribution in [0.4, 0.5) is 0 Å². The Morgan fingerprint density at radius 3 is 1.50 bits per heavy atom. The van der Waals surface area contributed by atoms with Crippen LogP contribution < -0.4 is 0 Å². The zero-order valence-electron chi connectivity index (χ0n) is 14.5. The molecule has 26 heavy (non-hydrogen) atoms. The molecule has 0 saturated heterocycles. The van der Waals surface area contributed by atoms with E-state index in [1.807, 2.05) is 48.5 Å². The molecule has 2 aromatic rings. The van der Waals surface area contributed by atoms with Crippen molar-refractivity contribution in [1.82, 2.24) is 0 Å². The Kier molecular flexibility index (Phi) is 10.1. The maximum atomic E-state index is 10.9. The van der Waals surface area contributed by atoms with Gasteiger partial charge in [0.25, 0.3) is 0 Å². The SMILES string of the molecule is O=Cc1ccccc1SCCOCCOCCSc1ccccc1C=O. The van der Waals surface area contributed by atoms with E-state index in [2.05, 4.69) is 0 Å². The summed E-state index contributed by atoms with van der Waals surface area (Å²) < 4.78 is 11.1. The molecule has 0 heterocycles. The highest BCUT2D eigenvalue weighted by Crippen LogP contribution is 2.21. The lowest BCUT2D eigenvalue weighted by Crippen LogP contribution is -2.08. The lowest BCUT2D eigenvalue weighted by Gasteiger charge is -2.07. The van der Waals surface area contributed by atoms with Gasteiger partial charge >= 0.3 is 0 Å². The molecule has 0 aliphatic heterocycles. The zero-order chi connectivity index (χ0) is 18.5. The van der Waals surface area contributed by atoms with Gasteiger partial charge in [-0.2, -0.15) is 0 Å². The highest BCUT2D eigenvalue weighted by molar-refractivity contribution is 7.99. The van der Waals surface area contributed by atoms with Crippen molar-refractivity contribution in [3.05, 3.63) is 59.7 Å². The fourth-order valence-electron chi connectivity index (χ4n) is 2.16. The molecule has 0 N–H and O–H groups in total. The minimum Gasteiger partial charge on any atom is -0.378 e. The smallest absolute Gasteiger partial charge is 0.151 e. The molecule has 4 nitrogen and oxygen atoms in total. The average Bonchev–Trinajstić information content (AvgIpc) is 2.70. The second-order valence-corrected chi connectivity index (χ2v) is 7.51. The third-order valence-corrected chi connectivity index (χ3v) is 5.54. The summed E-state index contributed by atoms with van der Waals surface area (Å²) >= 11 is 3.23. The van der Waals surface area contributed by atoms with Crippen molar-refractivity contribution >= 4 is 36.1 Å². The first kappa shape index (κ1) is 20.7. The van der Waals surface area contributed by atoms with Crippen molar-refractivity contribution in [3.63, 3.8) is 0 Å². The van der Waals surface area contributed by atoms with Crippen LogP contribution >= 0.6 is 23.5 Å². The van der Waals surface area contributed by atoms with Crippen LogP contribution in [0.25, 0.3) is 0 Å². The van der Waals surface area contributed by atoms with Crippen molar-refractivity contribution in [2.24, 2.45) is 0 Å². The van der Waals surface area contributed by atoms with Crippen LogP contribution in [0.5, 0.6) is 0 Å². The van der Waals surface area contributed by atoms with Gasteiger partial charge in [0.05, 0.1) is 26.4 Å². The Labute approximate surface area is 162 Å². The highest BCUT2D eigenvalue weighted by atomic mass is 32.2. The number of hydrogen-bond acceptors (Lipinski definition) is 6. The van der Waals surface area contributed by atoms with Gasteiger partial charge in [-0.3, -0.25) is 9.59 Å². The third-order valence-electron chi connectivity index (χ3n) is 3.43. The summed E-state index contributed by atoms with van der Waals surface area (Å²) in [4.78, 5) is 23.8. The maximum Gasteiger partial charge on any atom is 0.151 e. The fourth-order valence-corrected chi connectivity index (χ4v) is 3.92. The van der Waals surface area contributed by atoms with E-state index in [0.29, 0.717) is 26.4 Å². The summed E-state index contributed by atoms with van der Waals surface area (Å²) in [5.74, 6) is 1.59. The molecule has 0 aliphatic rings. The van der Waals surface area contributed by atoms with E-state index in [0.717, 1.165) is 45.0 Å². The summed E-state index contributed by atoms with van der Waals surface area (Å²) in [6.07, 6.45) is 1.76. The highest BCUT2D eigenvalue weighted by Gasteiger charge is 2.02. The van der Waals surface area contributed by atoms with Crippen molar-refractivity contribution in [1.29, 1.82) is 0 Å². The Morgan fingerprint density at radius 1 is 0.654 bits per heavy atom. The van der Waals surface area contributed by atoms with Crippen LogP contribution in [0.2, 0.25) is 0 Å². The van der Waals surface area contributed by atoms with Gasteiger partial charge in [0.2, 0.25) is 0 Å². The molecule has 0 atom stereocenters. The molecule has 0 saturated carbocycles. The maximum absolute atomic E-state index is 10.9. The monoisotopic (exact) mass is 390 g/mol. The summed E-state index contributed by atoms with van der Waals surface area (Å²) in [5, 5.41) is 0. The third kappa shape index (κ3) is 7.33. The Morgan fingerprint density at radius 2 is 1.08 bits per heavy atom. The van der Waals surface area contributed by atoms with E-state index in [4.69, 9.17) is 9.47 Å². The predicted octanol–water partition coefficient (Wildman–Crippen LogP) is 4.23. The molecular weight excluding hydrogens is 368 g/mol. The van der Waals surface area contributed by atoms with Crippen LogP contribution in [0, 0.1) is 0 Å². The first-order chi connectivity index (χ1) is 12.8. The van der Waals surface area contributed by atoms with E-state index in [1.165, 1.54) is 0 Å². The molecular formula is C20H22O4S2. The van der Waals surface area contributed by atoms with Gasteiger partial charge in [0.15, 0.2) is 12.6 Å². The molecule has 0 fully saturated rings. The van der Waals surface area contributed by atoms with Crippen molar-refractivity contribution < 1.29 is 19.1 Å². The molecule has 6 heteroatoms. The molecule has 0 amide bonds. The minimum absolute atomic E-state index is 0.547. The van der Waals surface area contributed by atoms with Gasteiger partial charge in [-0.15, -0.1) is 23.5 Å². The van der Waals surface area contributed by atoms with Crippen molar-refractivity contribution in [2.75, 3.05) is 37.9 Å². The van der Waals surface area contributed by atoms with Gasteiger partial charge in [-0.05, 0) is 12.1 Å². The Bertz CT molecular complexity index is 632. The summed E-state index contributed by atoms with van der Waals surface area (Å²) in [6, 6.07) is 15.1. The number of carbonyl (C=O) groups is 2. The second-order valence-electron chi connectivity index (χ2n) is 5.23. The number of ether oxygens (including phenoxy) is 2. The van der Waals surface area contributed by atoms with Crippen molar-refractivity contribution in [3.8, 4) is 0 Å². The predicted molar refractivity (Wildman–Crippen MR) is 107 cm³/mol. The molecule has 2 aromatic carbocycles. The molecule has 0 unspecified atom stereocenters. The Balaban J connectivity index is 1.48. The van der Waals surface area contributed by atoms with Crippen LogP contribution in [0.3, 0.4) is 0 Å². The molecule has 0 aliphatic carbocycles. The first-order valence-electron chi connectivity index (χ1n) is 8.34. The van der Waals surface area contributed by atoms with Crippen LogP contribution in [0.15, 0.2) is 58.3 Å².